The van der Waals surface area contributed by atoms with Crippen LogP contribution in [0.4, 0.5) is 4.39 Å². The van der Waals surface area contributed by atoms with Crippen LogP contribution in [0.1, 0.15) is 43.7 Å². The fourth-order valence-electron chi connectivity index (χ4n) is 2.38. The Morgan fingerprint density at radius 2 is 2.12 bits per heavy atom. The van der Waals surface area contributed by atoms with E-state index in [1.165, 1.54) is 12.3 Å². The molecular formula is C19H27FIN3O2. The minimum Gasteiger partial charge on any atom is -0.466 e. The van der Waals surface area contributed by atoms with Crippen LogP contribution in [0.5, 0.6) is 0 Å². The molecule has 2 rings (SSSR count). The number of aliphatic hydroxyl groups is 1. The molecule has 2 unspecified atom stereocenters. The fourth-order valence-corrected chi connectivity index (χ4v) is 2.38. The van der Waals surface area contributed by atoms with Crippen LogP contribution < -0.4 is 10.6 Å². The Labute approximate surface area is 171 Å². The number of furan rings is 1. The molecule has 1 aromatic heterocycles. The monoisotopic (exact) mass is 475 g/mol. The van der Waals surface area contributed by atoms with Crippen LogP contribution in [0, 0.1) is 12.7 Å². The standard InChI is InChI=1S/C19H26FN3O2.HI/c1-5-21-18(22-12-19(4,24)17-7-6-10-25-17)23-14(3)15-9-8-13(2)16(20)11-15;/h6-11,14,24H,5,12H2,1-4H3,(H2,21,22,23);1H. The van der Waals surface area contributed by atoms with Gasteiger partial charge in [0.2, 0.25) is 0 Å². The minimum absolute atomic E-state index is 0. The first-order chi connectivity index (χ1) is 11.8. The predicted octanol–water partition coefficient (Wildman–Crippen LogP) is 3.87. The molecular weight excluding hydrogens is 448 g/mol. The summed E-state index contributed by atoms with van der Waals surface area (Å²) >= 11 is 0. The van der Waals surface area contributed by atoms with Gasteiger partial charge in [0, 0.05) is 6.54 Å². The topological polar surface area (TPSA) is 69.8 Å². The molecule has 144 valence electrons. The predicted molar refractivity (Wildman–Crippen MR) is 112 cm³/mol. The van der Waals surface area contributed by atoms with Gasteiger partial charge in [0.1, 0.15) is 17.2 Å². The minimum atomic E-state index is -1.20. The van der Waals surface area contributed by atoms with Crippen molar-refractivity contribution in [2.45, 2.75) is 39.3 Å². The lowest BCUT2D eigenvalue weighted by molar-refractivity contribution is 0.0437. The number of hydrogen-bond acceptors (Lipinski definition) is 3. The average Bonchev–Trinajstić information content (AvgIpc) is 3.11. The molecule has 0 bridgehead atoms. The third kappa shape index (κ3) is 5.98. The van der Waals surface area contributed by atoms with Crippen molar-refractivity contribution < 1.29 is 13.9 Å². The smallest absolute Gasteiger partial charge is 0.191 e. The van der Waals surface area contributed by atoms with E-state index in [1.807, 2.05) is 19.9 Å². The van der Waals surface area contributed by atoms with Crippen molar-refractivity contribution in [1.82, 2.24) is 10.6 Å². The van der Waals surface area contributed by atoms with Gasteiger partial charge >= 0.3 is 0 Å². The van der Waals surface area contributed by atoms with Crippen LogP contribution in [0.15, 0.2) is 46.0 Å². The Kier molecular flexibility index (Phi) is 8.55. The van der Waals surface area contributed by atoms with Gasteiger partial charge in [0.15, 0.2) is 5.96 Å². The molecule has 1 heterocycles. The Morgan fingerprint density at radius 3 is 2.69 bits per heavy atom. The number of nitrogens with one attached hydrogen (secondary N) is 2. The van der Waals surface area contributed by atoms with Crippen molar-refractivity contribution in [3.63, 3.8) is 0 Å². The van der Waals surface area contributed by atoms with E-state index < -0.39 is 5.60 Å². The SMILES string of the molecule is CCNC(=NCC(C)(O)c1ccco1)NC(C)c1ccc(C)c(F)c1.I. The summed E-state index contributed by atoms with van der Waals surface area (Å²) in [7, 11) is 0. The number of rotatable bonds is 6. The van der Waals surface area contributed by atoms with Crippen molar-refractivity contribution >= 4 is 29.9 Å². The van der Waals surface area contributed by atoms with E-state index in [-0.39, 0.29) is 42.4 Å². The van der Waals surface area contributed by atoms with Crippen LogP contribution in [-0.2, 0) is 5.60 Å². The van der Waals surface area contributed by atoms with Crippen LogP contribution >= 0.6 is 24.0 Å². The maximum atomic E-state index is 13.8. The molecule has 0 aliphatic heterocycles. The highest BCUT2D eigenvalue weighted by molar-refractivity contribution is 14.0. The van der Waals surface area contributed by atoms with Gasteiger partial charge in [-0.2, -0.15) is 0 Å². The maximum Gasteiger partial charge on any atom is 0.191 e. The van der Waals surface area contributed by atoms with Crippen molar-refractivity contribution in [2.75, 3.05) is 13.1 Å². The molecule has 2 aromatic rings. The zero-order valence-electron chi connectivity index (χ0n) is 15.5. The summed E-state index contributed by atoms with van der Waals surface area (Å²) in [5.74, 6) is 0.775. The third-order valence-corrected chi connectivity index (χ3v) is 3.99. The summed E-state index contributed by atoms with van der Waals surface area (Å²) in [5.41, 5.74) is 0.239. The number of aliphatic imine (C=N–C) groups is 1. The second kappa shape index (κ2) is 9.91. The summed E-state index contributed by atoms with van der Waals surface area (Å²) in [6.07, 6.45) is 1.52. The van der Waals surface area contributed by atoms with Crippen molar-refractivity contribution in [2.24, 2.45) is 4.99 Å². The molecule has 3 N–H and O–H groups in total. The summed E-state index contributed by atoms with van der Waals surface area (Å²) < 4.78 is 19.0. The molecule has 0 aliphatic rings. The number of benzene rings is 1. The molecule has 0 fully saturated rings. The largest absolute Gasteiger partial charge is 0.466 e. The number of hydrogen-bond donors (Lipinski definition) is 3. The quantitative estimate of drug-likeness (QED) is 0.337. The van der Waals surface area contributed by atoms with E-state index in [9.17, 15) is 9.50 Å². The Hall–Kier alpha value is -1.61. The molecule has 5 nitrogen and oxygen atoms in total. The third-order valence-electron chi connectivity index (χ3n) is 3.99. The summed E-state index contributed by atoms with van der Waals surface area (Å²) in [6.45, 7) is 8.07. The van der Waals surface area contributed by atoms with Crippen molar-refractivity contribution in [1.29, 1.82) is 0 Å². The molecule has 7 heteroatoms. The second-order valence-electron chi connectivity index (χ2n) is 6.32. The van der Waals surface area contributed by atoms with Gasteiger partial charge in [-0.05, 0) is 57.0 Å². The average molecular weight is 475 g/mol. The number of halogens is 2. The van der Waals surface area contributed by atoms with E-state index >= 15 is 0 Å². The van der Waals surface area contributed by atoms with E-state index in [0.29, 0.717) is 23.8 Å². The normalized spacial score (nSPS) is 14.9. The van der Waals surface area contributed by atoms with Gasteiger partial charge in [-0.15, -0.1) is 24.0 Å². The first kappa shape index (κ1) is 22.4. The van der Waals surface area contributed by atoms with Crippen molar-refractivity contribution in [3.8, 4) is 0 Å². The number of guanidine groups is 1. The number of aryl methyl sites for hydroxylation is 1. The number of nitrogens with zero attached hydrogens (tertiary/aromatic N) is 1. The van der Waals surface area contributed by atoms with Gasteiger partial charge in [-0.3, -0.25) is 0 Å². The van der Waals surface area contributed by atoms with E-state index in [4.69, 9.17) is 4.42 Å². The van der Waals surface area contributed by atoms with Crippen LogP contribution in [-0.4, -0.2) is 24.2 Å². The lowest BCUT2D eigenvalue weighted by Crippen LogP contribution is -2.40. The molecule has 0 amide bonds. The van der Waals surface area contributed by atoms with E-state index in [0.717, 1.165) is 5.56 Å². The van der Waals surface area contributed by atoms with Gasteiger partial charge in [-0.25, -0.2) is 9.38 Å². The lowest BCUT2D eigenvalue weighted by atomic mass is 10.0. The first-order valence-corrected chi connectivity index (χ1v) is 8.40. The van der Waals surface area contributed by atoms with Gasteiger partial charge in [-0.1, -0.05) is 12.1 Å². The zero-order chi connectivity index (χ0) is 18.4. The van der Waals surface area contributed by atoms with Gasteiger partial charge < -0.3 is 20.2 Å². The molecule has 0 aliphatic carbocycles. The van der Waals surface area contributed by atoms with Crippen LogP contribution in [0.2, 0.25) is 0 Å². The molecule has 0 radical (unpaired) electrons. The van der Waals surface area contributed by atoms with Gasteiger partial charge in [0.25, 0.3) is 0 Å². The highest BCUT2D eigenvalue weighted by atomic mass is 127. The second-order valence-corrected chi connectivity index (χ2v) is 6.32. The Balaban J connectivity index is 0.00000338. The molecule has 0 saturated heterocycles. The molecule has 2 atom stereocenters. The summed E-state index contributed by atoms with van der Waals surface area (Å²) in [4.78, 5) is 4.44. The maximum absolute atomic E-state index is 13.8. The molecule has 26 heavy (non-hydrogen) atoms. The first-order valence-electron chi connectivity index (χ1n) is 8.40. The highest BCUT2D eigenvalue weighted by Crippen LogP contribution is 2.21. The lowest BCUT2D eigenvalue weighted by Gasteiger charge is -2.22. The fraction of sp³-hybridized carbons (Fsp3) is 0.421. The van der Waals surface area contributed by atoms with E-state index in [2.05, 4.69) is 15.6 Å². The Bertz CT molecular complexity index is 718. The van der Waals surface area contributed by atoms with E-state index in [1.54, 1.807) is 32.0 Å². The summed E-state index contributed by atoms with van der Waals surface area (Å²) in [5, 5.41) is 16.9. The summed E-state index contributed by atoms with van der Waals surface area (Å²) in [6, 6.07) is 8.47. The van der Waals surface area contributed by atoms with Crippen molar-refractivity contribution in [3.05, 3.63) is 59.3 Å². The van der Waals surface area contributed by atoms with Crippen LogP contribution in [0.25, 0.3) is 0 Å². The molecule has 0 spiro atoms. The molecule has 0 saturated carbocycles. The van der Waals surface area contributed by atoms with Gasteiger partial charge in [0.05, 0.1) is 18.8 Å². The Morgan fingerprint density at radius 1 is 1.38 bits per heavy atom. The highest BCUT2D eigenvalue weighted by Gasteiger charge is 2.26. The van der Waals surface area contributed by atoms with Crippen LogP contribution in [0.3, 0.4) is 0 Å². The molecule has 1 aromatic carbocycles. The zero-order valence-corrected chi connectivity index (χ0v) is 17.9.